The average molecular weight is 248 g/mol. The average Bonchev–Trinajstić information content (AvgIpc) is 2.65. The fourth-order valence-corrected chi connectivity index (χ4v) is 3.07. The van der Waals surface area contributed by atoms with Crippen LogP contribution in [0.1, 0.15) is 38.8 Å². The lowest BCUT2D eigenvalue weighted by Gasteiger charge is -2.17. The third-order valence-corrected chi connectivity index (χ3v) is 4.15. The molecule has 0 spiro atoms. The van der Waals surface area contributed by atoms with Gasteiger partial charge in [-0.3, -0.25) is 0 Å². The number of aryl methyl sites for hydroxylation is 1. The summed E-state index contributed by atoms with van der Waals surface area (Å²) in [4.78, 5) is 4.17. The van der Waals surface area contributed by atoms with Crippen molar-refractivity contribution in [1.29, 1.82) is 0 Å². The van der Waals surface area contributed by atoms with Crippen LogP contribution in [0, 0.1) is 18.8 Å². The predicted molar refractivity (Wildman–Crippen MR) is 77.4 cm³/mol. The van der Waals surface area contributed by atoms with Crippen LogP contribution in [0.15, 0.2) is 6.07 Å². The molecule has 1 aliphatic carbocycles. The molecule has 0 saturated heterocycles. The summed E-state index contributed by atoms with van der Waals surface area (Å²) >= 11 is 0. The summed E-state index contributed by atoms with van der Waals surface area (Å²) in [5.41, 5.74) is 14.2. The standard InChI is InChI=1S/C14H24N4/c1-4-10-7-11(5-8(10)2)18-12-6-9(3)17-14(16)13(12)15/h6,8,10-11H,4-5,7,15H2,1-3H3,(H3,16,17,18)/t8-,10+,11-/m0/s1. The van der Waals surface area contributed by atoms with Crippen LogP contribution in [0.25, 0.3) is 0 Å². The molecule has 1 heterocycles. The molecule has 1 fully saturated rings. The van der Waals surface area contributed by atoms with E-state index >= 15 is 0 Å². The third kappa shape index (κ3) is 2.52. The number of nitrogens with one attached hydrogen (secondary N) is 1. The topological polar surface area (TPSA) is 77.0 Å². The zero-order valence-electron chi connectivity index (χ0n) is 11.5. The van der Waals surface area contributed by atoms with Gasteiger partial charge in [-0.1, -0.05) is 20.3 Å². The minimum atomic E-state index is 0.426. The zero-order chi connectivity index (χ0) is 13.3. The molecule has 4 heteroatoms. The molecule has 2 rings (SSSR count). The van der Waals surface area contributed by atoms with E-state index < -0.39 is 0 Å². The summed E-state index contributed by atoms with van der Waals surface area (Å²) in [6.45, 7) is 6.55. The second-order valence-corrected chi connectivity index (χ2v) is 5.57. The molecule has 1 aliphatic rings. The second kappa shape index (κ2) is 5.04. The number of aromatic nitrogens is 1. The van der Waals surface area contributed by atoms with Gasteiger partial charge in [0, 0.05) is 11.7 Å². The van der Waals surface area contributed by atoms with E-state index in [1.807, 2.05) is 13.0 Å². The number of pyridine rings is 1. The lowest BCUT2D eigenvalue weighted by molar-refractivity contribution is 0.407. The molecule has 4 nitrogen and oxygen atoms in total. The van der Waals surface area contributed by atoms with Crippen LogP contribution in [0.4, 0.5) is 17.2 Å². The Morgan fingerprint density at radius 2 is 2.11 bits per heavy atom. The predicted octanol–water partition coefficient (Wildman–Crippen LogP) is 2.79. The van der Waals surface area contributed by atoms with Gasteiger partial charge in [0.1, 0.15) is 5.82 Å². The Morgan fingerprint density at radius 3 is 2.72 bits per heavy atom. The maximum Gasteiger partial charge on any atom is 0.149 e. The smallest absolute Gasteiger partial charge is 0.149 e. The van der Waals surface area contributed by atoms with E-state index in [1.54, 1.807) is 0 Å². The Bertz CT molecular complexity index is 430. The maximum atomic E-state index is 5.98. The number of nitrogen functional groups attached to an aromatic ring is 2. The van der Waals surface area contributed by atoms with Crippen molar-refractivity contribution in [1.82, 2.24) is 4.98 Å². The summed E-state index contributed by atoms with van der Waals surface area (Å²) in [6.07, 6.45) is 3.68. The van der Waals surface area contributed by atoms with E-state index in [9.17, 15) is 0 Å². The Morgan fingerprint density at radius 1 is 1.39 bits per heavy atom. The van der Waals surface area contributed by atoms with Crippen LogP contribution < -0.4 is 16.8 Å². The van der Waals surface area contributed by atoms with Crippen molar-refractivity contribution in [3.63, 3.8) is 0 Å². The van der Waals surface area contributed by atoms with E-state index in [4.69, 9.17) is 11.5 Å². The van der Waals surface area contributed by atoms with Gasteiger partial charge in [-0.05, 0) is 37.7 Å². The summed E-state index contributed by atoms with van der Waals surface area (Å²) in [5.74, 6) is 2.04. The minimum Gasteiger partial charge on any atom is -0.394 e. The number of anilines is 3. The Labute approximate surface area is 109 Å². The molecule has 100 valence electrons. The highest BCUT2D eigenvalue weighted by Crippen LogP contribution is 2.36. The summed E-state index contributed by atoms with van der Waals surface area (Å²) in [6, 6.07) is 2.49. The quantitative estimate of drug-likeness (QED) is 0.768. The second-order valence-electron chi connectivity index (χ2n) is 5.57. The first-order valence-corrected chi connectivity index (χ1v) is 6.80. The molecule has 3 atom stereocenters. The highest BCUT2D eigenvalue weighted by atomic mass is 15.0. The molecular formula is C14H24N4. The van der Waals surface area contributed by atoms with Gasteiger partial charge in [0.2, 0.25) is 0 Å². The highest BCUT2D eigenvalue weighted by Gasteiger charge is 2.30. The van der Waals surface area contributed by atoms with Crippen molar-refractivity contribution in [3.8, 4) is 0 Å². The van der Waals surface area contributed by atoms with Crippen molar-refractivity contribution >= 4 is 17.2 Å². The molecule has 0 bridgehead atoms. The van der Waals surface area contributed by atoms with Crippen LogP contribution in [0.3, 0.4) is 0 Å². The molecule has 1 saturated carbocycles. The fraction of sp³-hybridized carbons (Fsp3) is 0.643. The molecule has 0 unspecified atom stereocenters. The highest BCUT2D eigenvalue weighted by molar-refractivity contribution is 5.76. The first kappa shape index (κ1) is 13.0. The Balaban J connectivity index is 2.11. The molecule has 0 radical (unpaired) electrons. The number of hydrogen-bond acceptors (Lipinski definition) is 4. The van der Waals surface area contributed by atoms with E-state index in [2.05, 4.69) is 24.1 Å². The van der Waals surface area contributed by atoms with Crippen molar-refractivity contribution < 1.29 is 0 Å². The van der Waals surface area contributed by atoms with Gasteiger partial charge in [-0.15, -0.1) is 0 Å². The number of rotatable bonds is 3. The van der Waals surface area contributed by atoms with E-state index in [0.29, 0.717) is 17.5 Å². The van der Waals surface area contributed by atoms with Crippen LogP contribution in [0.2, 0.25) is 0 Å². The van der Waals surface area contributed by atoms with Crippen LogP contribution in [-0.4, -0.2) is 11.0 Å². The van der Waals surface area contributed by atoms with Crippen molar-refractivity contribution in [3.05, 3.63) is 11.8 Å². The Hall–Kier alpha value is -1.45. The molecule has 5 N–H and O–H groups in total. The van der Waals surface area contributed by atoms with Crippen LogP contribution in [0.5, 0.6) is 0 Å². The van der Waals surface area contributed by atoms with Gasteiger partial charge in [-0.2, -0.15) is 0 Å². The van der Waals surface area contributed by atoms with Crippen molar-refractivity contribution in [2.75, 3.05) is 16.8 Å². The van der Waals surface area contributed by atoms with E-state index in [0.717, 1.165) is 23.2 Å². The Kier molecular flexibility index (Phi) is 3.64. The summed E-state index contributed by atoms with van der Waals surface area (Å²) < 4.78 is 0. The van der Waals surface area contributed by atoms with Gasteiger partial charge in [0.25, 0.3) is 0 Å². The van der Waals surface area contributed by atoms with Crippen LogP contribution >= 0.6 is 0 Å². The molecule has 0 amide bonds. The summed E-state index contributed by atoms with van der Waals surface area (Å²) in [7, 11) is 0. The van der Waals surface area contributed by atoms with Gasteiger partial charge >= 0.3 is 0 Å². The van der Waals surface area contributed by atoms with Gasteiger partial charge in [-0.25, -0.2) is 4.98 Å². The molecule has 0 aromatic carbocycles. The lowest BCUT2D eigenvalue weighted by atomic mass is 9.96. The first-order chi connectivity index (χ1) is 8.51. The molecule has 18 heavy (non-hydrogen) atoms. The van der Waals surface area contributed by atoms with E-state index in [1.165, 1.54) is 19.3 Å². The number of nitrogens with zero attached hydrogens (tertiary/aromatic N) is 1. The number of nitrogens with two attached hydrogens (primary N) is 2. The van der Waals surface area contributed by atoms with Crippen molar-refractivity contribution in [2.45, 2.75) is 46.1 Å². The fourth-order valence-electron chi connectivity index (χ4n) is 3.07. The maximum absolute atomic E-state index is 5.98. The molecule has 0 aliphatic heterocycles. The first-order valence-electron chi connectivity index (χ1n) is 6.80. The normalized spacial score (nSPS) is 27.4. The van der Waals surface area contributed by atoms with Crippen LogP contribution in [-0.2, 0) is 0 Å². The zero-order valence-corrected chi connectivity index (χ0v) is 11.5. The van der Waals surface area contributed by atoms with Crippen molar-refractivity contribution in [2.24, 2.45) is 11.8 Å². The lowest BCUT2D eigenvalue weighted by Crippen LogP contribution is -2.17. The SMILES string of the molecule is CC[C@@H]1C[C@@H](Nc2cc(C)nc(N)c2N)C[C@@H]1C. The van der Waals surface area contributed by atoms with Gasteiger partial charge < -0.3 is 16.8 Å². The third-order valence-electron chi connectivity index (χ3n) is 4.15. The minimum absolute atomic E-state index is 0.426. The number of hydrogen-bond donors (Lipinski definition) is 3. The monoisotopic (exact) mass is 248 g/mol. The largest absolute Gasteiger partial charge is 0.394 e. The van der Waals surface area contributed by atoms with Gasteiger partial charge in [0.05, 0.1) is 11.4 Å². The van der Waals surface area contributed by atoms with Gasteiger partial charge in [0.15, 0.2) is 0 Å². The van der Waals surface area contributed by atoms with E-state index in [-0.39, 0.29) is 0 Å². The molecular weight excluding hydrogens is 224 g/mol. The molecule has 1 aromatic rings. The molecule has 1 aromatic heterocycles. The summed E-state index contributed by atoms with van der Waals surface area (Å²) in [5, 5.41) is 3.54.